The number of hydrogen-bond acceptors (Lipinski definition) is 5. The molecule has 1 fully saturated rings. The average Bonchev–Trinajstić information content (AvgIpc) is 3.21. The molecule has 1 amide bonds. The normalized spacial score (nSPS) is 17.4. The number of aromatic nitrogens is 1. The molecule has 1 aromatic heterocycles. The minimum absolute atomic E-state index is 0.187. The third-order valence-electron chi connectivity index (χ3n) is 3.95. The highest BCUT2D eigenvalue weighted by molar-refractivity contribution is 7.13. The van der Waals surface area contributed by atoms with Crippen LogP contribution in [0, 0.1) is 0 Å². The highest BCUT2D eigenvalue weighted by Crippen LogP contribution is 2.37. The largest absolute Gasteiger partial charge is 0.444 e. The molecule has 8 heteroatoms. The number of carbonyl (C=O) groups is 1. The van der Waals surface area contributed by atoms with Gasteiger partial charge in [-0.2, -0.15) is 0 Å². The van der Waals surface area contributed by atoms with Gasteiger partial charge in [0.15, 0.2) is 5.13 Å². The summed E-state index contributed by atoms with van der Waals surface area (Å²) in [5.74, 6) is 0. The summed E-state index contributed by atoms with van der Waals surface area (Å²) in [6.45, 7) is 6.25. The van der Waals surface area contributed by atoms with Crippen LogP contribution in [-0.4, -0.2) is 34.3 Å². The Kier molecular flexibility index (Phi) is 5.65. The molecular formula is C18H21Cl2N3O2S. The van der Waals surface area contributed by atoms with E-state index in [-0.39, 0.29) is 12.3 Å². The zero-order valence-corrected chi connectivity index (χ0v) is 17.2. The molecule has 3 rings (SSSR count). The summed E-state index contributed by atoms with van der Waals surface area (Å²) in [6, 6.07) is 5.45. The van der Waals surface area contributed by atoms with Crippen LogP contribution in [0.4, 0.5) is 15.6 Å². The van der Waals surface area contributed by atoms with Gasteiger partial charge in [0.05, 0.1) is 10.0 Å². The lowest BCUT2D eigenvalue weighted by Gasteiger charge is -2.36. The molecule has 5 nitrogen and oxygen atoms in total. The Balaban J connectivity index is 1.96. The van der Waals surface area contributed by atoms with E-state index in [1.54, 1.807) is 23.2 Å². The van der Waals surface area contributed by atoms with E-state index in [0.717, 1.165) is 23.7 Å². The summed E-state index contributed by atoms with van der Waals surface area (Å²) >= 11 is 13.8. The number of benzene rings is 1. The van der Waals surface area contributed by atoms with Crippen molar-refractivity contribution in [1.82, 2.24) is 9.88 Å². The SMILES string of the molecule is CC(C)(C)OC(=O)N1CCCC1N(c1ccc(Cl)c(Cl)c1)c1nccs1. The fourth-order valence-electron chi connectivity index (χ4n) is 2.93. The van der Waals surface area contributed by atoms with Crippen molar-refractivity contribution in [2.75, 3.05) is 11.4 Å². The van der Waals surface area contributed by atoms with Crippen LogP contribution in [0.2, 0.25) is 10.0 Å². The molecule has 0 bridgehead atoms. The molecular weight excluding hydrogens is 393 g/mol. The number of hydrogen-bond donors (Lipinski definition) is 0. The van der Waals surface area contributed by atoms with Gasteiger partial charge in [0.1, 0.15) is 11.8 Å². The first kappa shape index (κ1) is 19.3. The highest BCUT2D eigenvalue weighted by atomic mass is 35.5. The van der Waals surface area contributed by atoms with E-state index in [1.165, 1.54) is 11.3 Å². The van der Waals surface area contributed by atoms with E-state index in [4.69, 9.17) is 27.9 Å². The summed E-state index contributed by atoms with van der Waals surface area (Å²) in [7, 11) is 0. The topological polar surface area (TPSA) is 45.7 Å². The molecule has 140 valence electrons. The number of ether oxygens (including phenoxy) is 1. The van der Waals surface area contributed by atoms with E-state index >= 15 is 0 Å². The minimum Gasteiger partial charge on any atom is -0.444 e. The number of thiazole rings is 1. The standard InChI is InChI=1S/C18H21Cl2N3O2S/c1-18(2,3)25-17(24)22-9-4-5-15(22)23(16-21-8-10-26-16)12-6-7-13(19)14(20)11-12/h6-8,10-11,15H,4-5,9H2,1-3H3. The zero-order chi connectivity index (χ0) is 18.9. The zero-order valence-electron chi connectivity index (χ0n) is 14.9. The van der Waals surface area contributed by atoms with Gasteiger partial charge in [-0.25, -0.2) is 9.78 Å². The molecule has 1 atom stereocenters. The molecule has 26 heavy (non-hydrogen) atoms. The van der Waals surface area contributed by atoms with Gasteiger partial charge in [-0.3, -0.25) is 9.80 Å². The van der Waals surface area contributed by atoms with Gasteiger partial charge >= 0.3 is 6.09 Å². The maximum Gasteiger partial charge on any atom is 0.411 e. The number of anilines is 2. The van der Waals surface area contributed by atoms with Crippen LogP contribution in [0.25, 0.3) is 0 Å². The summed E-state index contributed by atoms with van der Waals surface area (Å²) in [5.41, 5.74) is 0.301. The first-order chi connectivity index (χ1) is 12.3. The molecule has 2 heterocycles. The number of amides is 1. The molecule has 1 aromatic carbocycles. The Morgan fingerprint density at radius 3 is 2.73 bits per heavy atom. The third kappa shape index (κ3) is 4.24. The Hall–Kier alpha value is -1.50. The molecule has 1 saturated heterocycles. The first-order valence-electron chi connectivity index (χ1n) is 8.40. The molecule has 0 spiro atoms. The van der Waals surface area contributed by atoms with Gasteiger partial charge in [0.2, 0.25) is 0 Å². The van der Waals surface area contributed by atoms with Crippen molar-refractivity contribution in [3.63, 3.8) is 0 Å². The Labute approximate surface area is 167 Å². The molecule has 0 saturated carbocycles. The van der Waals surface area contributed by atoms with Crippen molar-refractivity contribution < 1.29 is 9.53 Å². The molecule has 2 aromatic rings. The smallest absolute Gasteiger partial charge is 0.411 e. The molecule has 1 aliphatic heterocycles. The number of likely N-dealkylation sites (tertiary alicyclic amines) is 1. The second kappa shape index (κ2) is 7.62. The summed E-state index contributed by atoms with van der Waals surface area (Å²) < 4.78 is 5.59. The Morgan fingerprint density at radius 1 is 1.35 bits per heavy atom. The molecule has 0 radical (unpaired) electrons. The van der Waals surface area contributed by atoms with Crippen molar-refractivity contribution >= 4 is 51.5 Å². The lowest BCUT2D eigenvalue weighted by atomic mass is 10.2. The molecule has 0 aliphatic carbocycles. The number of rotatable bonds is 3. The molecule has 0 N–H and O–H groups in total. The second-order valence-corrected chi connectivity index (χ2v) is 8.77. The maximum absolute atomic E-state index is 12.7. The number of halogens is 2. The van der Waals surface area contributed by atoms with Crippen molar-refractivity contribution in [2.24, 2.45) is 0 Å². The fraction of sp³-hybridized carbons (Fsp3) is 0.444. The minimum atomic E-state index is -0.542. The predicted molar refractivity (Wildman–Crippen MR) is 107 cm³/mol. The summed E-state index contributed by atoms with van der Waals surface area (Å²) in [6.07, 6.45) is 2.96. The monoisotopic (exact) mass is 413 g/mol. The van der Waals surface area contributed by atoms with Crippen molar-refractivity contribution in [2.45, 2.75) is 45.4 Å². The second-order valence-electron chi connectivity index (χ2n) is 7.08. The Bertz CT molecular complexity index is 777. The lowest BCUT2D eigenvalue weighted by Crippen LogP contribution is -2.47. The van der Waals surface area contributed by atoms with Crippen LogP contribution >= 0.6 is 34.5 Å². The fourth-order valence-corrected chi connectivity index (χ4v) is 3.93. The van der Waals surface area contributed by atoms with Crippen LogP contribution < -0.4 is 4.90 Å². The third-order valence-corrected chi connectivity index (χ3v) is 5.46. The van der Waals surface area contributed by atoms with Gasteiger partial charge in [0.25, 0.3) is 0 Å². The van der Waals surface area contributed by atoms with Crippen molar-refractivity contribution in [1.29, 1.82) is 0 Å². The maximum atomic E-state index is 12.7. The number of nitrogens with zero attached hydrogens (tertiary/aromatic N) is 3. The van der Waals surface area contributed by atoms with Gasteiger partial charge < -0.3 is 4.74 Å². The van der Waals surface area contributed by atoms with Crippen molar-refractivity contribution in [3.05, 3.63) is 39.8 Å². The van der Waals surface area contributed by atoms with Gasteiger partial charge in [-0.15, -0.1) is 11.3 Å². The van der Waals surface area contributed by atoms with Gasteiger partial charge in [-0.05, 0) is 51.8 Å². The van der Waals surface area contributed by atoms with Crippen LogP contribution in [0.3, 0.4) is 0 Å². The van der Waals surface area contributed by atoms with Gasteiger partial charge in [0, 0.05) is 23.8 Å². The number of carbonyl (C=O) groups excluding carboxylic acids is 1. The van der Waals surface area contributed by atoms with Crippen LogP contribution in [-0.2, 0) is 4.74 Å². The molecule has 1 aliphatic rings. The molecule has 1 unspecified atom stereocenters. The first-order valence-corrected chi connectivity index (χ1v) is 10.0. The predicted octanol–water partition coefficient (Wildman–Crippen LogP) is 5.95. The van der Waals surface area contributed by atoms with Crippen LogP contribution in [0.5, 0.6) is 0 Å². The van der Waals surface area contributed by atoms with E-state index in [9.17, 15) is 4.79 Å². The van der Waals surface area contributed by atoms with Crippen LogP contribution in [0.15, 0.2) is 29.8 Å². The van der Waals surface area contributed by atoms with Gasteiger partial charge in [-0.1, -0.05) is 23.2 Å². The van der Waals surface area contributed by atoms with E-state index in [1.807, 2.05) is 37.1 Å². The van der Waals surface area contributed by atoms with E-state index in [0.29, 0.717) is 16.6 Å². The van der Waals surface area contributed by atoms with Crippen molar-refractivity contribution in [3.8, 4) is 0 Å². The lowest BCUT2D eigenvalue weighted by molar-refractivity contribution is 0.0231. The summed E-state index contributed by atoms with van der Waals surface area (Å²) in [5, 5.41) is 3.66. The highest BCUT2D eigenvalue weighted by Gasteiger charge is 2.37. The average molecular weight is 414 g/mol. The van der Waals surface area contributed by atoms with E-state index in [2.05, 4.69) is 4.98 Å². The van der Waals surface area contributed by atoms with E-state index < -0.39 is 5.60 Å². The quantitative estimate of drug-likeness (QED) is 0.623. The summed E-state index contributed by atoms with van der Waals surface area (Å²) in [4.78, 5) is 20.9. The van der Waals surface area contributed by atoms with Crippen LogP contribution in [0.1, 0.15) is 33.6 Å². The Morgan fingerprint density at radius 2 is 2.12 bits per heavy atom.